The Morgan fingerprint density at radius 1 is 1.34 bits per heavy atom. The first-order valence-electron chi connectivity index (χ1n) is 9.70. The fraction of sp³-hybridized carbons (Fsp3) is 0.409. The van der Waals surface area contributed by atoms with Gasteiger partial charge in [0.1, 0.15) is 11.5 Å². The molecule has 0 fully saturated rings. The number of amides is 1. The minimum atomic E-state index is -0.757. The summed E-state index contributed by atoms with van der Waals surface area (Å²) in [7, 11) is 1.48. The van der Waals surface area contributed by atoms with Crippen molar-refractivity contribution in [3.63, 3.8) is 0 Å². The van der Waals surface area contributed by atoms with Gasteiger partial charge in [0, 0.05) is 18.2 Å². The molecule has 1 aliphatic heterocycles. The maximum absolute atomic E-state index is 11.6. The number of hydrogen-bond acceptors (Lipinski definition) is 6. The number of aliphatic hydroxyl groups excluding tert-OH is 1. The molecule has 2 unspecified atom stereocenters. The number of rotatable bonds is 9. The Labute approximate surface area is 170 Å². The van der Waals surface area contributed by atoms with Gasteiger partial charge in [-0.2, -0.15) is 0 Å². The summed E-state index contributed by atoms with van der Waals surface area (Å²) < 4.78 is 16.1. The molecule has 7 nitrogen and oxygen atoms in total. The van der Waals surface area contributed by atoms with Crippen molar-refractivity contribution in [3.05, 3.63) is 58.7 Å². The third-order valence-corrected chi connectivity index (χ3v) is 5.15. The Kier molecular flexibility index (Phi) is 7.09. The average molecular weight is 400 g/mol. The summed E-state index contributed by atoms with van der Waals surface area (Å²) >= 11 is 0. The molecular weight excluding hydrogens is 372 g/mol. The number of methoxy groups -OCH3 is 1. The molecule has 1 heterocycles. The molecule has 156 valence electrons. The summed E-state index contributed by atoms with van der Waals surface area (Å²) in [5.74, 6) is 0.708. The number of nitrogens with one attached hydrogen (secondary N) is 1. The molecule has 2 aromatic carbocycles. The Bertz CT molecular complexity index is 855. The summed E-state index contributed by atoms with van der Waals surface area (Å²) in [5.41, 5.74) is 8.60. The highest BCUT2D eigenvalue weighted by molar-refractivity contribution is 5.95. The molecule has 29 heavy (non-hydrogen) atoms. The van der Waals surface area contributed by atoms with Crippen molar-refractivity contribution in [1.82, 2.24) is 5.32 Å². The van der Waals surface area contributed by atoms with Crippen molar-refractivity contribution in [2.45, 2.75) is 38.5 Å². The molecule has 2 atom stereocenters. The van der Waals surface area contributed by atoms with Crippen LogP contribution in [0.15, 0.2) is 36.4 Å². The van der Waals surface area contributed by atoms with E-state index in [9.17, 15) is 9.90 Å². The molecule has 1 aliphatic rings. The van der Waals surface area contributed by atoms with Crippen LogP contribution in [0.4, 0.5) is 0 Å². The van der Waals surface area contributed by atoms with Gasteiger partial charge in [-0.25, -0.2) is 0 Å². The summed E-state index contributed by atoms with van der Waals surface area (Å²) in [6, 6.07) is 11.2. The van der Waals surface area contributed by atoms with Crippen molar-refractivity contribution in [3.8, 4) is 11.5 Å². The zero-order chi connectivity index (χ0) is 20.8. The smallest absolute Gasteiger partial charge is 0.252 e. The Morgan fingerprint density at radius 3 is 2.93 bits per heavy atom. The summed E-state index contributed by atoms with van der Waals surface area (Å²) in [5, 5.41) is 13.8. The van der Waals surface area contributed by atoms with E-state index in [2.05, 4.69) is 18.3 Å². The third-order valence-electron chi connectivity index (χ3n) is 5.15. The molecule has 1 amide bonds. The average Bonchev–Trinajstić information content (AvgIpc) is 2.75. The largest absolute Gasteiger partial charge is 0.496 e. The maximum Gasteiger partial charge on any atom is 0.252 e. The van der Waals surface area contributed by atoms with Gasteiger partial charge in [0.15, 0.2) is 6.79 Å². The highest BCUT2D eigenvalue weighted by Gasteiger charge is 2.17. The zero-order valence-corrected chi connectivity index (χ0v) is 16.8. The fourth-order valence-electron chi connectivity index (χ4n) is 3.42. The Balaban J connectivity index is 1.54. The highest BCUT2D eigenvalue weighted by Crippen LogP contribution is 2.28. The van der Waals surface area contributed by atoms with Crippen LogP contribution in [0.1, 0.15) is 46.5 Å². The van der Waals surface area contributed by atoms with Crippen LogP contribution in [0, 0.1) is 0 Å². The van der Waals surface area contributed by atoms with Gasteiger partial charge < -0.3 is 30.4 Å². The first-order valence-corrected chi connectivity index (χ1v) is 9.70. The van der Waals surface area contributed by atoms with Crippen LogP contribution in [0.3, 0.4) is 0 Å². The lowest BCUT2D eigenvalue weighted by Crippen LogP contribution is -2.31. The normalized spacial score (nSPS) is 15.1. The van der Waals surface area contributed by atoms with Gasteiger partial charge in [-0.15, -0.1) is 0 Å². The first-order chi connectivity index (χ1) is 14.0. The molecule has 0 aromatic heterocycles. The van der Waals surface area contributed by atoms with Gasteiger partial charge in [-0.05, 0) is 49.1 Å². The summed E-state index contributed by atoms with van der Waals surface area (Å²) in [4.78, 5) is 11.6. The molecule has 0 radical (unpaired) electrons. The molecule has 0 aliphatic carbocycles. The van der Waals surface area contributed by atoms with Crippen molar-refractivity contribution in [2.24, 2.45) is 5.73 Å². The van der Waals surface area contributed by atoms with Crippen LogP contribution in [0.25, 0.3) is 0 Å². The van der Waals surface area contributed by atoms with Gasteiger partial charge in [0.25, 0.3) is 5.91 Å². The second kappa shape index (κ2) is 9.73. The number of carbonyl (C=O) groups is 1. The molecule has 0 bridgehead atoms. The molecule has 2 aromatic rings. The molecule has 4 N–H and O–H groups in total. The van der Waals surface area contributed by atoms with E-state index in [4.69, 9.17) is 19.9 Å². The minimum absolute atomic E-state index is 0.194. The summed E-state index contributed by atoms with van der Waals surface area (Å²) in [6.07, 6.45) is 1.03. The lowest BCUT2D eigenvalue weighted by molar-refractivity contribution is -0.0168. The standard InChI is InChI=1S/C22H28N2O5/c1-14(6-7-15-4-3-5-21-18(15)12-28-13-29-21)24-11-19(25)16-8-9-20(27-2)17(10-16)22(23)26/h3-5,8-10,14,19,24-25H,6-7,11-13H2,1-2H3,(H2,23,26). The number of nitrogens with two attached hydrogens (primary N) is 1. The van der Waals surface area contributed by atoms with Crippen LogP contribution in [0.5, 0.6) is 11.5 Å². The number of benzene rings is 2. The van der Waals surface area contributed by atoms with E-state index in [1.807, 2.05) is 12.1 Å². The fourth-order valence-corrected chi connectivity index (χ4v) is 3.42. The van der Waals surface area contributed by atoms with Crippen LogP contribution < -0.4 is 20.5 Å². The quantitative estimate of drug-likeness (QED) is 0.597. The molecular formula is C22H28N2O5. The number of primary amides is 1. The zero-order valence-electron chi connectivity index (χ0n) is 16.8. The topological polar surface area (TPSA) is 103 Å². The number of carbonyl (C=O) groups excluding carboxylic acids is 1. The van der Waals surface area contributed by atoms with Crippen LogP contribution >= 0.6 is 0 Å². The number of aliphatic hydroxyl groups is 1. The minimum Gasteiger partial charge on any atom is -0.496 e. The van der Waals surface area contributed by atoms with Gasteiger partial charge in [0.05, 0.1) is 25.4 Å². The lowest BCUT2D eigenvalue weighted by atomic mass is 9.99. The predicted octanol–water partition coefficient (Wildman–Crippen LogP) is 2.30. The van der Waals surface area contributed by atoms with Gasteiger partial charge in [0.2, 0.25) is 0 Å². The van der Waals surface area contributed by atoms with Gasteiger partial charge in [-0.1, -0.05) is 18.2 Å². The van der Waals surface area contributed by atoms with E-state index in [-0.39, 0.29) is 11.6 Å². The van der Waals surface area contributed by atoms with E-state index >= 15 is 0 Å². The molecule has 0 saturated carbocycles. The maximum atomic E-state index is 11.6. The monoisotopic (exact) mass is 400 g/mol. The van der Waals surface area contributed by atoms with Crippen LogP contribution in [-0.4, -0.2) is 37.5 Å². The Morgan fingerprint density at radius 2 is 2.17 bits per heavy atom. The lowest BCUT2D eigenvalue weighted by Gasteiger charge is -2.22. The Hall–Kier alpha value is -2.61. The van der Waals surface area contributed by atoms with E-state index in [0.29, 0.717) is 31.3 Å². The van der Waals surface area contributed by atoms with E-state index < -0.39 is 12.0 Å². The van der Waals surface area contributed by atoms with Gasteiger partial charge in [-0.3, -0.25) is 4.79 Å². The molecule has 7 heteroatoms. The van der Waals surface area contributed by atoms with Crippen molar-refractivity contribution in [2.75, 3.05) is 20.4 Å². The first kappa shape index (κ1) is 21.1. The molecule has 0 spiro atoms. The predicted molar refractivity (Wildman–Crippen MR) is 109 cm³/mol. The summed E-state index contributed by atoms with van der Waals surface area (Å²) in [6.45, 7) is 3.32. The number of hydrogen-bond donors (Lipinski definition) is 3. The van der Waals surface area contributed by atoms with Crippen molar-refractivity contribution < 1.29 is 24.1 Å². The molecule has 3 rings (SSSR count). The van der Waals surface area contributed by atoms with Crippen molar-refractivity contribution in [1.29, 1.82) is 0 Å². The number of fused-ring (bicyclic) bond motifs is 1. The van der Waals surface area contributed by atoms with E-state index in [1.165, 1.54) is 12.7 Å². The second-order valence-corrected chi connectivity index (χ2v) is 7.19. The van der Waals surface area contributed by atoms with E-state index in [0.717, 1.165) is 24.2 Å². The van der Waals surface area contributed by atoms with Crippen LogP contribution in [0.2, 0.25) is 0 Å². The third kappa shape index (κ3) is 5.26. The SMILES string of the molecule is COc1ccc(C(O)CNC(C)CCc2cccc3c2COCO3)cc1C(N)=O. The number of aryl methyl sites for hydroxylation is 1. The van der Waals surface area contributed by atoms with Crippen molar-refractivity contribution >= 4 is 5.91 Å². The second-order valence-electron chi connectivity index (χ2n) is 7.19. The van der Waals surface area contributed by atoms with Gasteiger partial charge >= 0.3 is 0 Å². The highest BCUT2D eigenvalue weighted by atomic mass is 16.7. The van der Waals surface area contributed by atoms with Crippen LogP contribution in [-0.2, 0) is 17.8 Å². The number of ether oxygens (including phenoxy) is 3. The van der Waals surface area contributed by atoms with E-state index in [1.54, 1.807) is 18.2 Å². The molecule has 0 saturated heterocycles.